The van der Waals surface area contributed by atoms with Gasteiger partial charge in [-0.25, -0.2) is 0 Å². The zero-order valence-corrected chi connectivity index (χ0v) is 13.3. The summed E-state index contributed by atoms with van der Waals surface area (Å²) in [7, 11) is 0. The van der Waals surface area contributed by atoms with Crippen LogP contribution in [0, 0.1) is 0 Å². The molecule has 1 aliphatic heterocycles. The van der Waals surface area contributed by atoms with E-state index in [1.165, 1.54) is 0 Å². The maximum atomic E-state index is 5.72. The van der Waals surface area contributed by atoms with Crippen molar-refractivity contribution in [1.29, 1.82) is 0 Å². The Labute approximate surface area is 113 Å². The molecule has 0 N–H and O–H groups in total. The Balaban J connectivity index is 2.40. The normalized spacial score (nSPS) is 24.1. The van der Waals surface area contributed by atoms with E-state index in [-0.39, 0.29) is 6.10 Å². The summed E-state index contributed by atoms with van der Waals surface area (Å²) in [4.78, 5) is 0. The summed E-state index contributed by atoms with van der Waals surface area (Å²) in [5.74, 6) is 0.270. The predicted molar refractivity (Wildman–Crippen MR) is 74.9 cm³/mol. The largest absolute Gasteiger partial charge is 0.348 e. The lowest BCUT2D eigenvalue weighted by Crippen LogP contribution is -2.22. The Morgan fingerprint density at radius 2 is 1.94 bits per heavy atom. The third-order valence-corrected chi connectivity index (χ3v) is 7.66. The summed E-state index contributed by atoms with van der Waals surface area (Å²) >= 11 is 6.97. The van der Waals surface area contributed by atoms with Crippen molar-refractivity contribution in [2.24, 2.45) is 0 Å². The Bertz CT molecular complexity index is 275. The molecule has 1 heterocycles. The highest BCUT2D eigenvalue weighted by molar-refractivity contribution is 8.67. The first-order valence-electron chi connectivity index (χ1n) is 5.76. The molecule has 1 aliphatic rings. The molecule has 4 nitrogen and oxygen atoms in total. The fourth-order valence-corrected chi connectivity index (χ4v) is 6.12. The minimum Gasteiger partial charge on any atom is -0.348 e. The molecule has 0 spiro atoms. The molecule has 17 heavy (non-hydrogen) atoms. The maximum Gasteiger partial charge on any atom is 0.247 e. The smallest absolute Gasteiger partial charge is 0.247 e. The summed E-state index contributed by atoms with van der Waals surface area (Å²) in [6.07, 6.45) is 0.0678. The fourth-order valence-electron chi connectivity index (χ4n) is 1.45. The first kappa shape index (κ1) is 15.9. The van der Waals surface area contributed by atoms with Gasteiger partial charge in [0, 0.05) is 5.75 Å². The topological polar surface area (TPSA) is 36.9 Å². The fraction of sp³-hybridized carbons (Fsp3) is 1.00. The van der Waals surface area contributed by atoms with Crippen LogP contribution in [0.3, 0.4) is 0 Å². The second kappa shape index (κ2) is 6.85. The van der Waals surface area contributed by atoms with E-state index < -0.39 is 11.5 Å². The molecule has 102 valence electrons. The van der Waals surface area contributed by atoms with Crippen molar-refractivity contribution >= 4 is 28.9 Å². The van der Waals surface area contributed by atoms with E-state index in [0.717, 1.165) is 5.75 Å². The molecule has 0 aromatic rings. The zero-order valence-electron chi connectivity index (χ0n) is 10.8. The van der Waals surface area contributed by atoms with Crippen LogP contribution in [0.5, 0.6) is 0 Å². The highest BCUT2D eigenvalue weighted by Crippen LogP contribution is 2.61. The van der Waals surface area contributed by atoms with Crippen LogP contribution in [0.4, 0.5) is 0 Å². The molecule has 0 aromatic heterocycles. The first-order valence-corrected chi connectivity index (χ1v) is 9.99. The van der Waals surface area contributed by atoms with Crippen LogP contribution >= 0.6 is 17.1 Å². The van der Waals surface area contributed by atoms with E-state index in [1.807, 2.05) is 27.7 Å². The average Bonchev–Trinajstić information content (AvgIpc) is 2.56. The highest BCUT2D eigenvalue weighted by atomic mass is 32.9. The third kappa shape index (κ3) is 5.55. The average molecular weight is 300 g/mol. The number of hydrogen-bond donors (Lipinski definition) is 0. The monoisotopic (exact) mass is 300 g/mol. The van der Waals surface area contributed by atoms with Gasteiger partial charge in [-0.1, -0.05) is 11.4 Å². The van der Waals surface area contributed by atoms with Gasteiger partial charge in [0.1, 0.15) is 0 Å². The predicted octanol–water partition coefficient (Wildman–Crippen LogP) is 3.17. The minimum absolute atomic E-state index is 0.0678. The standard InChI is InChI=1S/C10H21O4PS2/c1-5-12-15(16,13-6-2)17-8-9-7-11-10(3,4)14-9/h9H,5-8H2,1-4H3/t9-/m1/s1. The lowest BCUT2D eigenvalue weighted by Gasteiger charge is -2.22. The molecule has 1 saturated heterocycles. The quantitative estimate of drug-likeness (QED) is 0.672. The molecule has 0 unspecified atom stereocenters. The molecule has 1 rings (SSSR count). The molecule has 7 heteroatoms. The van der Waals surface area contributed by atoms with E-state index >= 15 is 0 Å². The van der Waals surface area contributed by atoms with E-state index in [0.29, 0.717) is 19.8 Å². The van der Waals surface area contributed by atoms with Crippen LogP contribution in [0.15, 0.2) is 0 Å². The molecule has 0 radical (unpaired) electrons. The van der Waals surface area contributed by atoms with Crippen LogP contribution in [0.2, 0.25) is 0 Å². The molecule has 1 fully saturated rings. The van der Waals surface area contributed by atoms with Gasteiger partial charge in [0.15, 0.2) is 5.79 Å². The van der Waals surface area contributed by atoms with Crippen molar-refractivity contribution in [3.8, 4) is 0 Å². The van der Waals surface area contributed by atoms with Gasteiger partial charge in [0.25, 0.3) is 0 Å². The molecule has 0 aromatic carbocycles. The van der Waals surface area contributed by atoms with Crippen LogP contribution in [-0.2, 0) is 30.3 Å². The van der Waals surface area contributed by atoms with Crippen molar-refractivity contribution in [2.75, 3.05) is 25.6 Å². The highest BCUT2D eigenvalue weighted by Gasteiger charge is 2.34. The maximum absolute atomic E-state index is 5.72. The van der Waals surface area contributed by atoms with E-state index in [4.69, 9.17) is 30.3 Å². The zero-order chi connectivity index (χ0) is 12.9. The second-order valence-corrected chi connectivity index (χ2v) is 10.4. The van der Waals surface area contributed by atoms with Crippen LogP contribution in [0.25, 0.3) is 0 Å². The minimum atomic E-state index is -2.20. The number of hydrogen-bond acceptors (Lipinski definition) is 6. The molecule has 1 atom stereocenters. The van der Waals surface area contributed by atoms with Gasteiger partial charge in [-0.3, -0.25) is 0 Å². The van der Waals surface area contributed by atoms with Gasteiger partial charge in [-0.15, -0.1) is 0 Å². The summed E-state index contributed by atoms with van der Waals surface area (Å²) in [5, 5.41) is 0. The lowest BCUT2D eigenvalue weighted by molar-refractivity contribution is -0.135. The van der Waals surface area contributed by atoms with Gasteiger partial charge < -0.3 is 18.5 Å². The Morgan fingerprint density at radius 3 is 2.35 bits per heavy atom. The van der Waals surface area contributed by atoms with Gasteiger partial charge >= 0.3 is 0 Å². The molecule has 0 bridgehead atoms. The van der Waals surface area contributed by atoms with Crippen molar-refractivity contribution in [2.45, 2.75) is 39.6 Å². The van der Waals surface area contributed by atoms with Gasteiger partial charge in [0.05, 0.1) is 25.9 Å². The van der Waals surface area contributed by atoms with E-state index in [2.05, 4.69) is 0 Å². The SMILES string of the molecule is CCOP(=S)(OCC)SC[C@H]1COC(C)(C)O1. The summed E-state index contributed by atoms with van der Waals surface area (Å²) in [5.41, 5.74) is -2.20. The van der Waals surface area contributed by atoms with Crippen molar-refractivity contribution in [1.82, 2.24) is 0 Å². The molecule has 0 saturated carbocycles. The lowest BCUT2D eigenvalue weighted by atomic mass is 10.4. The van der Waals surface area contributed by atoms with Gasteiger partial charge in [-0.2, -0.15) is 0 Å². The van der Waals surface area contributed by atoms with Crippen LogP contribution in [0.1, 0.15) is 27.7 Å². The van der Waals surface area contributed by atoms with E-state index in [1.54, 1.807) is 11.4 Å². The van der Waals surface area contributed by atoms with Crippen LogP contribution in [-0.4, -0.2) is 37.5 Å². The van der Waals surface area contributed by atoms with Gasteiger partial charge in [0.2, 0.25) is 5.69 Å². The molecular weight excluding hydrogens is 279 g/mol. The van der Waals surface area contributed by atoms with Crippen LogP contribution < -0.4 is 0 Å². The van der Waals surface area contributed by atoms with Crippen molar-refractivity contribution in [3.05, 3.63) is 0 Å². The molecule has 0 amide bonds. The summed E-state index contributed by atoms with van der Waals surface area (Å²) < 4.78 is 22.3. The Hall–Kier alpha value is 0.840. The Morgan fingerprint density at radius 1 is 1.35 bits per heavy atom. The summed E-state index contributed by atoms with van der Waals surface area (Å²) in [6, 6.07) is 0. The van der Waals surface area contributed by atoms with E-state index in [9.17, 15) is 0 Å². The van der Waals surface area contributed by atoms with Gasteiger partial charge in [-0.05, 0) is 39.5 Å². The first-order chi connectivity index (χ1) is 7.91. The third-order valence-electron chi connectivity index (χ3n) is 2.06. The Kier molecular flexibility index (Phi) is 6.40. The summed E-state index contributed by atoms with van der Waals surface area (Å²) in [6.45, 7) is 9.46. The number of rotatable bonds is 7. The van der Waals surface area contributed by atoms with Crippen molar-refractivity contribution < 1.29 is 18.5 Å². The number of ether oxygens (including phenoxy) is 2. The van der Waals surface area contributed by atoms with Crippen molar-refractivity contribution in [3.63, 3.8) is 0 Å². The second-order valence-electron chi connectivity index (χ2n) is 4.03. The molecule has 0 aliphatic carbocycles. The molecular formula is C10H21O4PS2.